The Hall–Kier alpha value is -1.94. The molecule has 4 heteroatoms. The SMILES string of the molecule is COc1ccc(CCCNC(=O)CCSc2ccc(C)cc2)cc1. The van der Waals surface area contributed by atoms with E-state index < -0.39 is 0 Å². The monoisotopic (exact) mass is 343 g/mol. The maximum absolute atomic E-state index is 11.8. The van der Waals surface area contributed by atoms with Gasteiger partial charge in [-0.15, -0.1) is 11.8 Å². The molecule has 128 valence electrons. The van der Waals surface area contributed by atoms with Crippen LogP contribution in [0, 0.1) is 6.92 Å². The third-order valence-electron chi connectivity index (χ3n) is 3.74. The largest absolute Gasteiger partial charge is 0.497 e. The minimum Gasteiger partial charge on any atom is -0.497 e. The number of thioether (sulfide) groups is 1. The van der Waals surface area contributed by atoms with Gasteiger partial charge in [-0.2, -0.15) is 0 Å². The van der Waals surface area contributed by atoms with Gasteiger partial charge in [0.15, 0.2) is 0 Å². The van der Waals surface area contributed by atoms with Crippen molar-refractivity contribution in [2.24, 2.45) is 0 Å². The molecule has 0 aliphatic heterocycles. The van der Waals surface area contributed by atoms with Crippen LogP contribution in [0.5, 0.6) is 5.75 Å². The Morgan fingerprint density at radius 2 is 1.79 bits per heavy atom. The summed E-state index contributed by atoms with van der Waals surface area (Å²) in [5, 5.41) is 2.99. The van der Waals surface area contributed by atoms with E-state index in [9.17, 15) is 4.79 Å². The van der Waals surface area contributed by atoms with Crippen LogP contribution in [0.1, 0.15) is 24.0 Å². The van der Waals surface area contributed by atoms with Gasteiger partial charge in [-0.3, -0.25) is 4.79 Å². The van der Waals surface area contributed by atoms with Gasteiger partial charge >= 0.3 is 0 Å². The zero-order valence-corrected chi connectivity index (χ0v) is 15.2. The van der Waals surface area contributed by atoms with E-state index in [1.165, 1.54) is 16.0 Å². The summed E-state index contributed by atoms with van der Waals surface area (Å²) >= 11 is 1.72. The standard InChI is InChI=1S/C20H25NO2S/c1-16-5-11-19(12-6-16)24-15-13-20(22)21-14-3-4-17-7-9-18(23-2)10-8-17/h5-12H,3-4,13-15H2,1-2H3,(H,21,22). The molecule has 3 nitrogen and oxygen atoms in total. The number of hydrogen-bond donors (Lipinski definition) is 1. The van der Waals surface area contributed by atoms with Gasteiger partial charge in [-0.05, 0) is 49.6 Å². The van der Waals surface area contributed by atoms with Crippen LogP contribution in [0.25, 0.3) is 0 Å². The second kappa shape index (κ2) is 10.0. The number of carbonyl (C=O) groups is 1. The summed E-state index contributed by atoms with van der Waals surface area (Å²) < 4.78 is 5.14. The fourth-order valence-corrected chi connectivity index (χ4v) is 3.15. The van der Waals surface area contributed by atoms with Crippen molar-refractivity contribution in [2.45, 2.75) is 31.1 Å². The van der Waals surface area contributed by atoms with Crippen molar-refractivity contribution in [1.82, 2.24) is 5.32 Å². The Bertz CT molecular complexity index is 623. The van der Waals surface area contributed by atoms with Crippen molar-refractivity contribution in [3.8, 4) is 5.75 Å². The lowest BCUT2D eigenvalue weighted by Gasteiger charge is -2.06. The quantitative estimate of drug-likeness (QED) is 0.547. The summed E-state index contributed by atoms with van der Waals surface area (Å²) in [5.41, 5.74) is 2.52. The number of aryl methyl sites for hydroxylation is 2. The van der Waals surface area contributed by atoms with Gasteiger partial charge in [0.25, 0.3) is 0 Å². The number of ether oxygens (including phenoxy) is 1. The van der Waals surface area contributed by atoms with E-state index in [1.54, 1.807) is 18.9 Å². The van der Waals surface area contributed by atoms with Gasteiger partial charge in [0.1, 0.15) is 5.75 Å². The minimum atomic E-state index is 0.129. The van der Waals surface area contributed by atoms with Gasteiger partial charge in [-0.1, -0.05) is 29.8 Å². The first-order chi connectivity index (χ1) is 11.7. The molecule has 0 saturated carbocycles. The highest BCUT2D eigenvalue weighted by molar-refractivity contribution is 7.99. The van der Waals surface area contributed by atoms with E-state index >= 15 is 0 Å². The molecule has 0 heterocycles. The van der Waals surface area contributed by atoms with E-state index in [-0.39, 0.29) is 5.91 Å². The van der Waals surface area contributed by atoms with Crippen LogP contribution < -0.4 is 10.1 Å². The molecule has 24 heavy (non-hydrogen) atoms. The van der Waals surface area contributed by atoms with Gasteiger partial charge in [0.05, 0.1) is 7.11 Å². The van der Waals surface area contributed by atoms with E-state index in [0.29, 0.717) is 6.42 Å². The van der Waals surface area contributed by atoms with Gasteiger partial charge in [0.2, 0.25) is 5.91 Å². The summed E-state index contributed by atoms with van der Waals surface area (Å²) in [7, 11) is 1.67. The summed E-state index contributed by atoms with van der Waals surface area (Å²) in [6.07, 6.45) is 2.46. The van der Waals surface area contributed by atoms with Crippen LogP contribution in [0.15, 0.2) is 53.4 Å². The predicted molar refractivity (Wildman–Crippen MR) is 101 cm³/mol. The first-order valence-electron chi connectivity index (χ1n) is 8.26. The van der Waals surface area contributed by atoms with Crippen molar-refractivity contribution < 1.29 is 9.53 Å². The van der Waals surface area contributed by atoms with E-state index in [2.05, 4.69) is 48.6 Å². The molecule has 0 spiro atoms. The average molecular weight is 343 g/mol. The summed E-state index contributed by atoms with van der Waals surface area (Å²) in [6, 6.07) is 16.5. The van der Waals surface area contributed by atoms with Crippen molar-refractivity contribution in [3.63, 3.8) is 0 Å². The Morgan fingerprint density at radius 3 is 2.46 bits per heavy atom. The summed E-state index contributed by atoms with van der Waals surface area (Å²) in [6.45, 7) is 2.80. The van der Waals surface area contributed by atoms with E-state index in [4.69, 9.17) is 4.74 Å². The minimum absolute atomic E-state index is 0.129. The van der Waals surface area contributed by atoms with E-state index in [1.807, 2.05) is 12.1 Å². The average Bonchev–Trinajstić information content (AvgIpc) is 2.61. The molecule has 0 aliphatic rings. The zero-order valence-electron chi connectivity index (χ0n) is 14.4. The third-order valence-corrected chi connectivity index (χ3v) is 4.76. The third kappa shape index (κ3) is 6.67. The number of benzene rings is 2. The van der Waals surface area contributed by atoms with Gasteiger partial charge in [0, 0.05) is 23.6 Å². The normalized spacial score (nSPS) is 10.4. The molecule has 2 aromatic rings. The first-order valence-corrected chi connectivity index (χ1v) is 9.25. The Balaban J connectivity index is 1.56. The summed E-state index contributed by atoms with van der Waals surface area (Å²) in [4.78, 5) is 13.1. The number of hydrogen-bond acceptors (Lipinski definition) is 3. The van der Waals surface area contributed by atoms with Crippen LogP contribution in [-0.4, -0.2) is 25.3 Å². The molecule has 2 rings (SSSR count). The second-order valence-corrected chi connectivity index (χ2v) is 6.88. The van der Waals surface area contributed by atoms with Gasteiger partial charge < -0.3 is 10.1 Å². The van der Waals surface area contributed by atoms with Crippen LogP contribution in [-0.2, 0) is 11.2 Å². The van der Waals surface area contributed by atoms with Crippen LogP contribution in [0.2, 0.25) is 0 Å². The van der Waals surface area contributed by atoms with Crippen LogP contribution >= 0.6 is 11.8 Å². The molecule has 1 N–H and O–H groups in total. The predicted octanol–water partition coefficient (Wildman–Crippen LogP) is 4.23. The number of carbonyl (C=O) groups excluding carboxylic acids is 1. The Labute approximate surface area is 148 Å². The first kappa shape index (κ1) is 18.4. The van der Waals surface area contributed by atoms with Crippen molar-refractivity contribution in [3.05, 3.63) is 59.7 Å². The Kier molecular flexibility index (Phi) is 7.69. The highest BCUT2D eigenvalue weighted by Gasteiger charge is 2.02. The fraction of sp³-hybridized carbons (Fsp3) is 0.350. The second-order valence-electron chi connectivity index (χ2n) is 5.71. The molecule has 0 atom stereocenters. The smallest absolute Gasteiger partial charge is 0.220 e. The van der Waals surface area contributed by atoms with Crippen LogP contribution in [0.4, 0.5) is 0 Å². The molecular weight excluding hydrogens is 318 g/mol. The number of rotatable bonds is 9. The molecule has 0 bridgehead atoms. The molecule has 0 radical (unpaired) electrons. The lowest BCUT2D eigenvalue weighted by molar-refractivity contribution is -0.120. The lowest BCUT2D eigenvalue weighted by atomic mass is 10.1. The maximum Gasteiger partial charge on any atom is 0.220 e. The van der Waals surface area contributed by atoms with E-state index in [0.717, 1.165) is 30.9 Å². The van der Waals surface area contributed by atoms with Crippen molar-refractivity contribution >= 4 is 17.7 Å². The topological polar surface area (TPSA) is 38.3 Å². The molecule has 0 unspecified atom stereocenters. The summed E-state index contributed by atoms with van der Waals surface area (Å²) in [5.74, 6) is 1.82. The molecule has 0 aromatic heterocycles. The number of amides is 1. The highest BCUT2D eigenvalue weighted by Crippen LogP contribution is 2.18. The van der Waals surface area contributed by atoms with Gasteiger partial charge in [-0.25, -0.2) is 0 Å². The molecule has 2 aromatic carbocycles. The lowest BCUT2D eigenvalue weighted by Crippen LogP contribution is -2.24. The molecular formula is C20H25NO2S. The molecule has 0 saturated heterocycles. The van der Waals surface area contributed by atoms with Crippen molar-refractivity contribution in [1.29, 1.82) is 0 Å². The number of methoxy groups -OCH3 is 1. The molecule has 0 fully saturated rings. The molecule has 0 aliphatic carbocycles. The zero-order chi connectivity index (χ0) is 17.2. The van der Waals surface area contributed by atoms with Crippen LogP contribution in [0.3, 0.4) is 0 Å². The highest BCUT2D eigenvalue weighted by atomic mass is 32.2. The maximum atomic E-state index is 11.8. The fourth-order valence-electron chi connectivity index (χ4n) is 2.30. The molecule has 1 amide bonds. The van der Waals surface area contributed by atoms with Crippen molar-refractivity contribution in [2.75, 3.05) is 19.4 Å². The Morgan fingerprint density at radius 1 is 1.08 bits per heavy atom. The number of nitrogens with one attached hydrogen (secondary N) is 1.